The highest BCUT2D eigenvalue weighted by Gasteiger charge is 2.68. The zero-order valence-electron chi connectivity index (χ0n) is 17.0. The van der Waals surface area contributed by atoms with Gasteiger partial charge in [-0.25, -0.2) is 4.57 Å². The number of phosphoric acid groups is 1. The Bertz CT molecular complexity index is 931. The molecule has 3 fully saturated rings. The minimum Gasteiger partial charge on any atom is -0.381 e. The van der Waals surface area contributed by atoms with Gasteiger partial charge in [0.2, 0.25) is 0 Å². The van der Waals surface area contributed by atoms with Gasteiger partial charge in [0, 0.05) is 23.2 Å². The smallest absolute Gasteiger partial charge is 0.381 e. The minimum atomic E-state index is -4.85. The van der Waals surface area contributed by atoms with E-state index in [1.807, 2.05) is 13.0 Å². The maximum absolute atomic E-state index is 13.4. The van der Waals surface area contributed by atoms with Crippen molar-refractivity contribution in [2.24, 2.45) is 28.6 Å². The van der Waals surface area contributed by atoms with E-state index in [4.69, 9.17) is 9.79 Å². The normalized spacial score (nSPS) is 43.0. The van der Waals surface area contributed by atoms with Gasteiger partial charge in [0.1, 0.15) is 18.0 Å². The number of aliphatic hydroxyl groups is 1. The van der Waals surface area contributed by atoms with Gasteiger partial charge < -0.3 is 14.9 Å². The molecule has 4 aliphatic rings. The fourth-order valence-corrected chi connectivity index (χ4v) is 7.04. The van der Waals surface area contributed by atoms with Crippen LogP contribution in [-0.2, 0) is 23.5 Å². The van der Waals surface area contributed by atoms with Crippen LogP contribution in [0.5, 0.6) is 0 Å². The van der Waals surface area contributed by atoms with Crippen LogP contribution in [0.2, 0.25) is 0 Å². The van der Waals surface area contributed by atoms with Gasteiger partial charge >= 0.3 is 7.82 Å². The van der Waals surface area contributed by atoms with Crippen LogP contribution in [0.25, 0.3) is 0 Å². The van der Waals surface area contributed by atoms with Crippen LogP contribution < -0.4 is 0 Å². The van der Waals surface area contributed by atoms with E-state index >= 15 is 0 Å². The van der Waals surface area contributed by atoms with Gasteiger partial charge in [0.25, 0.3) is 0 Å². The van der Waals surface area contributed by atoms with Gasteiger partial charge in [0.05, 0.1) is 0 Å². The van der Waals surface area contributed by atoms with Crippen molar-refractivity contribution in [1.29, 1.82) is 0 Å². The zero-order chi connectivity index (χ0) is 22.1. The summed E-state index contributed by atoms with van der Waals surface area (Å²) in [6, 6.07) is 0. The molecule has 0 aromatic rings. The second-order valence-corrected chi connectivity index (χ2v) is 10.9. The highest BCUT2D eigenvalue weighted by molar-refractivity contribution is 7.46. The topological polar surface area (TPSA) is 138 Å². The molecule has 4 rings (SSSR count). The van der Waals surface area contributed by atoms with Crippen molar-refractivity contribution in [3.63, 3.8) is 0 Å². The standard InChI is InChI=1S/C21H27O8P/c1-19-7-5-13(22)9-12(19)3-4-14-15-6-8-21(25,17(24)11-29-30(26,27)28)20(15,2)10-16(23)18(14)19/h5,7,9,14-15,18,25H,3-4,6,8,10-11H2,1-2H3,(H2,26,27,28)/t14-,15-,18+,19-,20-,21-/m0/s1. The molecule has 0 aromatic carbocycles. The number of ketones is 3. The summed E-state index contributed by atoms with van der Waals surface area (Å²) in [6.07, 6.45) is 7.03. The third kappa shape index (κ3) is 3.04. The first-order chi connectivity index (χ1) is 13.8. The molecule has 8 nitrogen and oxygen atoms in total. The number of phosphoric ester groups is 1. The molecule has 3 N–H and O–H groups in total. The van der Waals surface area contributed by atoms with Crippen molar-refractivity contribution in [1.82, 2.24) is 0 Å². The molecular formula is C21H27O8P. The zero-order valence-corrected chi connectivity index (χ0v) is 17.9. The molecule has 0 saturated heterocycles. The molecule has 0 aromatic heterocycles. The van der Waals surface area contributed by atoms with Crippen LogP contribution in [0.3, 0.4) is 0 Å². The van der Waals surface area contributed by atoms with E-state index in [0.717, 1.165) is 5.57 Å². The number of hydrogen-bond acceptors (Lipinski definition) is 6. The van der Waals surface area contributed by atoms with Crippen LogP contribution in [0.4, 0.5) is 0 Å². The van der Waals surface area contributed by atoms with Gasteiger partial charge in [-0.3, -0.25) is 18.9 Å². The molecule has 4 aliphatic carbocycles. The van der Waals surface area contributed by atoms with Gasteiger partial charge in [0.15, 0.2) is 11.6 Å². The second kappa shape index (κ2) is 6.78. The van der Waals surface area contributed by atoms with Gasteiger partial charge in [-0.1, -0.05) is 25.5 Å². The Kier molecular flexibility index (Phi) is 4.92. The van der Waals surface area contributed by atoms with Crippen LogP contribution in [-0.4, -0.2) is 44.5 Å². The molecule has 0 radical (unpaired) electrons. The summed E-state index contributed by atoms with van der Waals surface area (Å²) in [6.45, 7) is 2.82. The van der Waals surface area contributed by atoms with Crippen LogP contribution in [0.1, 0.15) is 46.0 Å². The summed E-state index contributed by atoms with van der Waals surface area (Å²) in [7, 11) is -4.85. The molecule has 0 amide bonds. The van der Waals surface area contributed by atoms with E-state index in [1.165, 1.54) is 6.08 Å². The van der Waals surface area contributed by atoms with Crippen molar-refractivity contribution in [2.45, 2.75) is 51.6 Å². The van der Waals surface area contributed by atoms with Crippen molar-refractivity contribution in [2.75, 3.05) is 6.61 Å². The summed E-state index contributed by atoms with van der Waals surface area (Å²) in [5.41, 5.74) is -2.47. The average molecular weight is 438 g/mol. The third-order valence-electron chi connectivity index (χ3n) is 8.23. The van der Waals surface area contributed by atoms with Gasteiger partial charge in [-0.05, 0) is 49.7 Å². The van der Waals surface area contributed by atoms with Crippen molar-refractivity contribution in [3.05, 3.63) is 23.8 Å². The molecular weight excluding hydrogens is 411 g/mol. The Labute approximate surface area is 174 Å². The molecule has 0 bridgehead atoms. The SMILES string of the molecule is C[C@]12C=CC(=O)C=C1CC[C@@H]1[C@@H]2C(=O)C[C@@]2(C)[C@H]1CC[C@]2(O)C(=O)COP(=O)(O)O. The summed E-state index contributed by atoms with van der Waals surface area (Å²) in [4.78, 5) is 55.9. The quantitative estimate of drug-likeness (QED) is 0.566. The molecule has 0 heterocycles. The predicted octanol–water partition coefficient (Wildman–Crippen LogP) is 1.88. The number of rotatable bonds is 4. The first-order valence-electron chi connectivity index (χ1n) is 10.2. The molecule has 0 unspecified atom stereocenters. The maximum Gasteiger partial charge on any atom is 0.470 e. The van der Waals surface area contributed by atoms with Crippen molar-refractivity contribution < 1.29 is 38.4 Å². The van der Waals surface area contributed by atoms with E-state index in [2.05, 4.69) is 4.52 Å². The summed E-state index contributed by atoms with van der Waals surface area (Å²) < 4.78 is 15.3. The molecule has 30 heavy (non-hydrogen) atoms. The predicted molar refractivity (Wildman–Crippen MR) is 105 cm³/mol. The summed E-state index contributed by atoms with van der Waals surface area (Å²) >= 11 is 0. The maximum atomic E-state index is 13.4. The Morgan fingerprint density at radius 3 is 2.63 bits per heavy atom. The number of allylic oxidation sites excluding steroid dienone is 4. The lowest BCUT2D eigenvalue weighted by atomic mass is 9.46. The average Bonchev–Trinajstić information content (AvgIpc) is 2.91. The van der Waals surface area contributed by atoms with Crippen LogP contribution in [0.15, 0.2) is 23.8 Å². The lowest BCUT2D eigenvalue weighted by Crippen LogP contribution is -2.60. The van der Waals surface area contributed by atoms with E-state index in [-0.39, 0.29) is 42.2 Å². The van der Waals surface area contributed by atoms with E-state index in [0.29, 0.717) is 19.3 Å². The molecule has 3 saturated carbocycles. The first kappa shape index (κ1) is 21.8. The van der Waals surface area contributed by atoms with E-state index in [9.17, 15) is 24.1 Å². The molecule has 0 aliphatic heterocycles. The minimum absolute atomic E-state index is 0.00163. The molecule has 9 heteroatoms. The highest BCUT2D eigenvalue weighted by atomic mass is 31.2. The Balaban J connectivity index is 1.66. The van der Waals surface area contributed by atoms with E-state index < -0.39 is 36.6 Å². The van der Waals surface area contributed by atoms with Crippen LogP contribution >= 0.6 is 7.82 Å². The first-order valence-corrected chi connectivity index (χ1v) is 11.8. The lowest BCUT2D eigenvalue weighted by molar-refractivity contribution is -0.168. The fourth-order valence-electron chi connectivity index (χ4n) is 6.75. The highest BCUT2D eigenvalue weighted by Crippen LogP contribution is 2.66. The van der Waals surface area contributed by atoms with Gasteiger partial charge in [-0.2, -0.15) is 0 Å². The summed E-state index contributed by atoms with van der Waals surface area (Å²) in [5, 5.41) is 11.3. The van der Waals surface area contributed by atoms with Crippen molar-refractivity contribution in [3.8, 4) is 0 Å². The summed E-state index contributed by atoms with van der Waals surface area (Å²) in [5.74, 6) is -1.36. The Morgan fingerprint density at radius 2 is 1.97 bits per heavy atom. The number of fused-ring (bicyclic) bond motifs is 5. The molecule has 164 valence electrons. The monoisotopic (exact) mass is 438 g/mol. The number of carbonyl (C=O) groups is 3. The van der Waals surface area contributed by atoms with Crippen molar-refractivity contribution >= 4 is 25.2 Å². The van der Waals surface area contributed by atoms with Gasteiger partial charge in [-0.15, -0.1) is 0 Å². The lowest BCUT2D eigenvalue weighted by Gasteiger charge is -2.56. The Morgan fingerprint density at radius 1 is 1.27 bits per heavy atom. The largest absolute Gasteiger partial charge is 0.470 e. The van der Waals surface area contributed by atoms with Crippen LogP contribution in [0, 0.1) is 28.6 Å². The second-order valence-electron chi connectivity index (χ2n) is 9.62. The Hall–Kier alpha value is -1.44. The molecule has 6 atom stereocenters. The number of carbonyl (C=O) groups excluding carboxylic acids is 3. The number of Topliss-reactive ketones (excluding diaryl/α,β-unsaturated/α-hetero) is 2. The third-order valence-corrected chi connectivity index (χ3v) is 8.70. The fraction of sp³-hybridized carbons (Fsp3) is 0.667. The van der Waals surface area contributed by atoms with E-state index in [1.54, 1.807) is 13.0 Å². The molecule has 0 spiro atoms. The number of hydrogen-bond donors (Lipinski definition) is 3.